The van der Waals surface area contributed by atoms with Crippen LogP contribution in [0.4, 0.5) is 0 Å². The van der Waals surface area contributed by atoms with Crippen molar-refractivity contribution in [3.8, 4) is 0 Å². The minimum absolute atomic E-state index is 0.492. The van der Waals surface area contributed by atoms with Gasteiger partial charge < -0.3 is 4.74 Å². The van der Waals surface area contributed by atoms with Gasteiger partial charge in [0.2, 0.25) is 0 Å². The molecule has 136 valence electrons. The van der Waals surface area contributed by atoms with E-state index in [4.69, 9.17) is 4.74 Å². The highest BCUT2D eigenvalue weighted by molar-refractivity contribution is 5.12. The zero-order chi connectivity index (χ0) is 16.5. The predicted molar refractivity (Wildman–Crippen MR) is 98.0 cm³/mol. The number of hydrogen-bond acceptors (Lipinski definition) is 2. The van der Waals surface area contributed by atoms with Gasteiger partial charge >= 0.3 is 0 Å². The Bertz CT molecular complexity index is 483. The molecule has 3 saturated carbocycles. The van der Waals surface area contributed by atoms with E-state index in [0.29, 0.717) is 17.6 Å². The zero-order valence-corrected chi connectivity index (χ0v) is 16.0. The first-order valence-electron chi connectivity index (χ1n) is 11.0. The largest absolute Gasteiger partial charge is 0.372 e. The van der Waals surface area contributed by atoms with Crippen molar-refractivity contribution in [2.24, 2.45) is 23.2 Å². The van der Waals surface area contributed by atoms with Crippen LogP contribution in [0.2, 0.25) is 0 Å². The fourth-order valence-electron chi connectivity index (χ4n) is 7.50. The molecule has 2 heterocycles. The Morgan fingerprint density at radius 3 is 2.38 bits per heavy atom. The van der Waals surface area contributed by atoms with E-state index in [2.05, 4.69) is 25.7 Å². The number of rotatable bonds is 0. The first-order chi connectivity index (χ1) is 11.5. The molecule has 0 aromatic heterocycles. The first kappa shape index (κ1) is 16.1. The molecule has 5 aliphatic rings. The smallest absolute Gasteiger partial charge is 0.0737 e. The summed E-state index contributed by atoms with van der Waals surface area (Å²) in [5.74, 6) is 2.85. The van der Waals surface area contributed by atoms with Crippen LogP contribution in [0.25, 0.3) is 0 Å². The Morgan fingerprint density at radius 2 is 1.54 bits per heavy atom. The molecule has 2 saturated heterocycles. The van der Waals surface area contributed by atoms with Crippen LogP contribution in [0, 0.1) is 23.2 Å². The molecular formula is C22H37NO. The maximum Gasteiger partial charge on any atom is 0.0737 e. The van der Waals surface area contributed by atoms with Crippen LogP contribution in [0.3, 0.4) is 0 Å². The molecule has 5 rings (SSSR count). The fraction of sp³-hybridized carbons (Fsp3) is 1.00. The van der Waals surface area contributed by atoms with Crippen molar-refractivity contribution >= 4 is 0 Å². The maximum atomic E-state index is 6.73. The average Bonchev–Trinajstić information content (AvgIpc) is 2.90. The van der Waals surface area contributed by atoms with Crippen molar-refractivity contribution in [3.05, 3.63) is 0 Å². The molecule has 0 amide bonds. The molecule has 8 atom stereocenters. The van der Waals surface area contributed by atoms with Gasteiger partial charge in [-0.25, -0.2) is 0 Å². The monoisotopic (exact) mass is 331 g/mol. The lowest BCUT2D eigenvalue weighted by Gasteiger charge is -2.53. The van der Waals surface area contributed by atoms with Crippen molar-refractivity contribution in [1.82, 2.24) is 4.90 Å². The van der Waals surface area contributed by atoms with Crippen LogP contribution in [-0.4, -0.2) is 35.2 Å². The van der Waals surface area contributed by atoms with E-state index in [1.807, 2.05) is 0 Å². The second kappa shape index (κ2) is 5.71. The normalized spacial score (nSPS) is 51.6. The van der Waals surface area contributed by atoms with Crippen LogP contribution < -0.4 is 0 Å². The van der Waals surface area contributed by atoms with E-state index in [-0.39, 0.29) is 0 Å². The number of ether oxygens (including phenoxy) is 1. The Labute approximate surface area is 148 Å². The Hall–Kier alpha value is -0.0800. The number of fused-ring (bicyclic) bond motifs is 5. The molecule has 3 aliphatic carbocycles. The second-order valence-corrected chi connectivity index (χ2v) is 10.7. The molecule has 0 aromatic carbocycles. The van der Waals surface area contributed by atoms with E-state index >= 15 is 0 Å². The summed E-state index contributed by atoms with van der Waals surface area (Å²) < 4.78 is 6.73. The molecule has 2 heteroatoms. The van der Waals surface area contributed by atoms with Crippen molar-refractivity contribution in [2.45, 2.75) is 115 Å². The van der Waals surface area contributed by atoms with E-state index < -0.39 is 0 Å². The molecule has 24 heavy (non-hydrogen) atoms. The summed E-state index contributed by atoms with van der Waals surface area (Å²) in [6, 6.07) is 2.45. The molecular weight excluding hydrogens is 294 g/mol. The lowest BCUT2D eigenvalue weighted by molar-refractivity contribution is -0.177. The van der Waals surface area contributed by atoms with Crippen LogP contribution in [0.5, 0.6) is 0 Å². The highest BCUT2D eigenvalue weighted by Gasteiger charge is 2.60. The van der Waals surface area contributed by atoms with Gasteiger partial charge in [0.1, 0.15) is 0 Å². The summed E-state index contributed by atoms with van der Waals surface area (Å²) in [7, 11) is 0. The minimum atomic E-state index is 0.492. The highest BCUT2D eigenvalue weighted by atomic mass is 16.5. The molecule has 0 N–H and O–H groups in total. The quantitative estimate of drug-likeness (QED) is 0.618. The Morgan fingerprint density at radius 1 is 0.750 bits per heavy atom. The first-order valence-corrected chi connectivity index (χ1v) is 11.0. The van der Waals surface area contributed by atoms with Gasteiger partial charge in [0.15, 0.2) is 0 Å². The summed E-state index contributed by atoms with van der Waals surface area (Å²) in [5.41, 5.74) is 0.492. The third-order valence-electron chi connectivity index (χ3n) is 8.61. The number of hydrogen-bond donors (Lipinski definition) is 0. The Kier molecular flexibility index (Phi) is 3.83. The molecule has 2 aliphatic heterocycles. The van der Waals surface area contributed by atoms with Gasteiger partial charge in [0.05, 0.1) is 12.2 Å². The highest BCUT2D eigenvalue weighted by Crippen LogP contribution is 2.56. The van der Waals surface area contributed by atoms with Crippen LogP contribution >= 0.6 is 0 Å². The summed E-state index contributed by atoms with van der Waals surface area (Å²) in [5, 5.41) is 0. The second-order valence-electron chi connectivity index (χ2n) is 10.7. The van der Waals surface area contributed by atoms with Crippen molar-refractivity contribution < 1.29 is 4.74 Å². The maximum absolute atomic E-state index is 6.73. The molecule has 0 spiro atoms. The Balaban J connectivity index is 1.46. The van der Waals surface area contributed by atoms with E-state index in [0.717, 1.165) is 35.9 Å². The van der Waals surface area contributed by atoms with Crippen molar-refractivity contribution in [1.29, 1.82) is 0 Å². The molecule has 8 unspecified atom stereocenters. The number of nitrogens with zero attached hydrogens (tertiary/aromatic N) is 1. The topological polar surface area (TPSA) is 12.5 Å². The third-order valence-corrected chi connectivity index (χ3v) is 8.61. The van der Waals surface area contributed by atoms with Crippen LogP contribution in [-0.2, 0) is 4.74 Å². The summed E-state index contributed by atoms with van der Waals surface area (Å²) in [4.78, 5) is 3.09. The van der Waals surface area contributed by atoms with Gasteiger partial charge in [-0.2, -0.15) is 0 Å². The summed E-state index contributed by atoms with van der Waals surface area (Å²) >= 11 is 0. The molecule has 0 radical (unpaired) electrons. The average molecular weight is 332 g/mol. The van der Waals surface area contributed by atoms with Crippen LogP contribution in [0.1, 0.15) is 85.0 Å². The predicted octanol–water partition coefficient (Wildman–Crippen LogP) is 5.01. The lowest BCUT2D eigenvalue weighted by Crippen LogP contribution is -2.63. The third kappa shape index (κ3) is 2.35. The van der Waals surface area contributed by atoms with E-state index in [1.54, 1.807) is 0 Å². The van der Waals surface area contributed by atoms with Crippen molar-refractivity contribution in [2.75, 3.05) is 0 Å². The van der Waals surface area contributed by atoms with Gasteiger partial charge in [0, 0.05) is 18.1 Å². The SMILES string of the molecule is CC(C)(C)C1CCC2C(C1)C1CCCC3OC4CCCCC4N2C31. The summed E-state index contributed by atoms with van der Waals surface area (Å²) in [6.45, 7) is 7.43. The van der Waals surface area contributed by atoms with Gasteiger partial charge in [0.25, 0.3) is 0 Å². The number of morpholine rings is 1. The van der Waals surface area contributed by atoms with Crippen molar-refractivity contribution in [3.63, 3.8) is 0 Å². The van der Waals surface area contributed by atoms with Gasteiger partial charge in [-0.1, -0.05) is 40.0 Å². The molecule has 0 aromatic rings. The minimum Gasteiger partial charge on any atom is -0.372 e. The van der Waals surface area contributed by atoms with Gasteiger partial charge in [-0.05, 0) is 68.1 Å². The standard InChI is InChI=1S/C22H37NO/c1-22(2,3)14-11-12-17-16(13-14)15-7-6-10-20-21(15)23(17)18-8-4-5-9-19(18)24-20/h14-21H,4-13H2,1-3H3. The van der Waals surface area contributed by atoms with Crippen LogP contribution in [0.15, 0.2) is 0 Å². The molecule has 5 fully saturated rings. The summed E-state index contributed by atoms with van der Waals surface area (Å²) in [6.07, 6.45) is 15.4. The van der Waals surface area contributed by atoms with Gasteiger partial charge in [-0.15, -0.1) is 0 Å². The lowest BCUT2D eigenvalue weighted by atomic mass is 9.64. The zero-order valence-electron chi connectivity index (χ0n) is 16.0. The molecule has 0 bridgehead atoms. The van der Waals surface area contributed by atoms with E-state index in [9.17, 15) is 0 Å². The van der Waals surface area contributed by atoms with E-state index in [1.165, 1.54) is 64.2 Å². The molecule has 2 nitrogen and oxygen atoms in total. The fourth-order valence-corrected chi connectivity index (χ4v) is 7.50. The van der Waals surface area contributed by atoms with Gasteiger partial charge in [-0.3, -0.25) is 4.90 Å².